The number of aromatic nitrogens is 1. The Hall–Kier alpha value is -3.00. The van der Waals surface area contributed by atoms with Crippen LogP contribution >= 0.6 is 0 Å². The number of hydrogen-bond donors (Lipinski definition) is 0. The zero-order chi connectivity index (χ0) is 19.4. The molecule has 6 nitrogen and oxygen atoms in total. The van der Waals surface area contributed by atoms with Crippen molar-refractivity contribution in [2.75, 3.05) is 18.0 Å². The van der Waals surface area contributed by atoms with Crippen LogP contribution in [0.2, 0.25) is 0 Å². The first-order chi connectivity index (χ1) is 12.9. The van der Waals surface area contributed by atoms with E-state index in [4.69, 9.17) is 0 Å². The van der Waals surface area contributed by atoms with Crippen molar-refractivity contribution < 1.29 is 22.3 Å². The molecule has 1 aromatic heterocycles. The van der Waals surface area contributed by atoms with Crippen LogP contribution in [0.1, 0.15) is 6.42 Å². The topological polar surface area (TPSA) is 76.6 Å². The minimum Gasteiger partial charge on any atom is -0.469 e. The molecule has 0 fully saturated rings. The van der Waals surface area contributed by atoms with Gasteiger partial charge in [0.05, 0.1) is 24.7 Å². The van der Waals surface area contributed by atoms with Crippen molar-refractivity contribution in [2.24, 2.45) is 0 Å². The molecule has 27 heavy (non-hydrogen) atoms. The van der Waals surface area contributed by atoms with Gasteiger partial charge in [0.1, 0.15) is 10.7 Å². The molecule has 3 rings (SSSR count). The number of hydrogen-bond acceptors (Lipinski definition) is 5. The van der Waals surface area contributed by atoms with Crippen LogP contribution in [0.15, 0.2) is 65.7 Å². The summed E-state index contributed by atoms with van der Waals surface area (Å²) in [6.45, 7) is -0.193. The van der Waals surface area contributed by atoms with E-state index in [0.717, 1.165) is 10.4 Å². The molecule has 0 bridgehead atoms. The normalized spacial score (nSPS) is 11.3. The van der Waals surface area contributed by atoms with Crippen LogP contribution in [-0.4, -0.2) is 33.0 Å². The fourth-order valence-corrected chi connectivity index (χ4v) is 4.34. The highest BCUT2D eigenvalue weighted by Crippen LogP contribution is 2.28. The molecular weight excluding hydrogens is 371 g/mol. The third-order valence-electron chi connectivity index (χ3n) is 4.01. The molecule has 3 aromatic rings. The van der Waals surface area contributed by atoms with E-state index in [2.05, 4.69) is 9.72 Å². The summed E-state index contributed by atoms with van der Waals surface area (Å²) in [5.74, 6) is -1.15. The summed E-state index contributed by atoms with van der Waals surface area (Å²) in [6.07, 6.45) is 1.33. The number of benzene rings is 2. The summed E-state index contributed by atoms with van der Waals surface area (Å²) >= 11 is 0. The molecule has 0 N–H and O–H groups in total. The fourth-order valence-electron chi connectivity index (χ4n) is 2.72. The summed E-state index contributed by atoms with van der Waals surface area (Å²) < 4.78 is 46.0. The van der Waals surface area contributed by atoms with Crippen molar-refractivity contribution in [1.82, 2.24) is 4.98 Å². The van der Waals surface area contributed by atoms with Crippen molar-refractivity contribution >= 4 is 32.6 Å². The highest BCUT2D eigenvalue weighted by Gasteiger charge is 2.28. The van der Waals surface area contributed by atoms with Crippen LogP contribution in [0.5, 0.6) is 0 Å². The largest absolute Gasteiger partial charge is 0.469 e. The standard InChI is InChI=1S/C19H17FN2O4S/c1-26-18(23)10-12-22(16-8-3-7-15(20)13-16)27(24,25)17-9-2-5-14-6-4-11-21-19(14)17/h2-9,11,13H,10,12H2,1H3. The van der Waals surface area contributed by atoms with Crippen LogP contribution in [0.4, 0.5) is 10.1 Å². The van der Waals surface area contributed by atoms with Gasteiger partial charge in [-0.25, -0.2) is 12.8 Å². The zero-order valence-corrected chi connectivity index (χ0v) is 15.3. The van der Waals surface area contributed by atoms with E-state index in [1.807, 2.05) is 0 Å². The van der Waals surface area contributed by atoms with Gasteiger partial charge in [-0.1, -0.05) is 24.3 Å². The van der Waals surface area contributed by atoms with Crippen molar-refractivity contribution in [1.29, 1.82) is 0 Å². The van der Waals surface area contributed by atoms with Gasteiger partial charge < -0.3 is 4.74 Å². The van der Waals surface area contributed by atoms with Gasteiger partial charge in [-0.2, -0.15) is 0 Å². The molecule has 0 aliphatic rings. The number of carbonyl (C=O) groups excluding carboxylic acids is 1. The number of fused-ring (bicyclic) bond motifs is 1. The maximum Gasteiger partial charge on any atom is 0.307 e. The lowest BCUT2D eigenvalue weighted by atomic mass is 10.2. The summed E-state index contributed by atoms with van der Waals surface area (Å²) in [7, 11) is -2.88. The second-order valence-electron chi connectivity index (χ2n) is 5.71. The maximum atomic E-state index is 13.7. The Balaban J connectivity index is 2.13. The zero-order valence-electron chi connectivity index (χ0n) is 14.5. The number of nitrogens with zero attached hydrogens (tertiary/aromatic N) is 2. The van der Waals surface area contributed by atoms with Crippen LogP contribution in [0.25, 0.3) is 10.9 Å². The highest BCUT2D eigenvalue weighted by molar-refractivity contribution is 7.93. The highest BCUT2D eigenvalue weighted by atomic mass is 32.2. The van der Waals surface area contributed by atoms with E-state index in [0.29, 0.717) is 10.9 Å². The van der Waals surface area contributed by atoms with Gasteiger partial charge in [-0.15, -0.1) is 0 Å². The minimum atomic E-state index is -4.10. The van der Waals surface area contributed by atoms with Gasteiger partial charge in [0.25, 0.3) is 10.0 Å². The molecule has 0 radical (unpaired) electrons. The van der Waals surface area contributed by atoms with Gasteiger partial charge in [-0.05, 0) is 30.3 Å². The molecule has 140 valence electrons. The molecule has 2 aromatic carbocycles. The predicted octanol–water partition coefficient (Wildman–Crippen LogP) is 3.13. The van der Waals surface area contributed by atoms with Gasteiger partial charge >= 0.3 is 5.97 Å². The van der Waals surface area contributed by atoms with E-state index >= 15 is 0 Å². The third kappa shape index (κ3) is 3.90. The second kappa shape index (κ2) is 7.71. The summed E-state index contributed by atoms with van der Waals surface area (Å²) in [4.78, 5) is 15.7. The SMILES string of the molecule is COC(=O)CCN(c1cccc(F)c1)S(=O)(=O)c1cccc2cccnc12. The Morgan fingerprint density at radius 1 is 1.15 bits per heavy atom. The fraction of sp³-hybridized carbons (Fsp3) is 0.158. The number of methoxy groups -OCH3 is 1. The van der Waals surface area contributed by atoms with E-state index in [9.17, 15) is 17.6 Å². The quantitative estimate of drug-likeness (QED) is 0.607. The number of ether oxygens (including phenoxy) is 1. The molecule has 0 saturated heterocycles. The molecule has 8 heteroatoms. The first kappa shape index (κ1) is 18.8. The Kier molecular flexibility index (Phi) is 5.36. The van der Waals surface area contributed by atoms with Gasteiger partial charge in [0.2, 0.25) is 0 Å². The first-order valence-electron chi connectivity index (χ1n) is 8.12. The lowest BCUT2D eigenvalue weighted by Crippen LogP contribution is -2.33. The number of carbonyl (C=O) groups is 1. The maximum absolute atomic E-state index is 13.7. The van der Waals surface area contributed by atoms with Crippen molar-refractivity contribution in [3.63, 3.8) is 0 Å². The van der Waals surface area contributed by atoms with Crippen molar-refractivity contribution in [2.45, 2.75) is 11.3 Å². The number of pyridine rings is 1. The Labute approximate surface area is 156 Å². The number of para-hydroxylation sites is 1. The molecule has 0 aliphatic heterocycles. The smallest absolute Gasteiger partial charge is 0.307 e. The molecule has 1 heterocycles. The first-order valence-corrected chi connectivity index (χ1v) is 9.56. The van der Waals surface area contributed by atoms with E-state index in [1.165, 1.54) is 37.6 Å². The number of sulfonamides is 1. The third-order valence-corrected chi connectivity index (χ3v) is 5.87. The molecule has 0 saturated carbocycles. The average Bonchev–Trinajstić information content (AvgIpc) is 2.67. The minimum absolute atomic E-state index is 0.0188. The predicted molar refractivity (Wildman–Crippen MR) is 99.3 cm³/mol. The molecule has 0 amide bonds. The number of esters is 1. The number of halogens is 1. The molecular formula is C19H17FN2O4S. The van der Waals surface area contributed by atoms with Gasteiger partial charge in [0, 0.05) is 18.1 Å². The van der Waals surface area contributed by atoms with Crippen LogP contribution in [0, 0.1) is 5.82 Å². The molecule has 0 unspecified atom stereocenters. The molecule has 0 atom stereocenters. The van der Waals surface area contributed by atoms with Gasteiger partial charge in [-0.3, -0.25) is 14.1 Å². The van der Waals surface area contributed by atoms with Crippen molar-refractivity contribution in [3.05, 3.63) is 66.6 Å². The number of rotatable bonds is 6. The van der Waals surface area contributed by atoms with Crippen LogP contribution < -0.4 is 4.31 Å². The molecule has 0 spiro atoms. The number of anilines is 1. The Morgan fingerprint density at radius 3 is 2.63 bits per heavy atom. The summed E-state index contributed by atoms with van der Waals surface area (Å²) in [6, 6.07) is 13.5. The van der Waals surface area contributed by atoms with Crippen LogP contribution in [-0.2, 0) is 19.6 Å². The Morgan fingerprint density at radius 2 is 1.89 bits per heavy atom. The lowest BCUT2D eigenvalue weighted by Gasteiger charge is -2.24. The van der Waals surface area contributed by atoms with Gasteiger partial charge in [0.15, 0.2) is 0 Å². The van der Waals surface area contributed by atoms with E-state index < -0.39 is 21.8 Å². The molecule has 0 aliphatic carbocycles. The van der Waals surface area contributed by atoms with E-state index in [-0.39, 0.29) is 23.5 Å². The average molecular weight is 388 g/mol. The lowest BCUT2D eigenvalue weighted by molar-refractivity contribution is -0.140. The Bertz CT molecular complexity index is 1080. The summed E-state index contributed by atoms with van der Waals surface area (Å²) in [5, 5.41) is 0.658. The van der Waals surface area contributed by atoms with E-state index in [1.54, 1.807) is 24.3 Å². The monoisotopic (exact) mass is 388 g/mol. The summed E-state index contributed by atoms with van der Waals surface area (Å²) in [5.41, 5.74) is 0.423. The second-order valence-corrected chi connectivity index (χ2v) is 7.55. The van der Waals surface area contributed by atoms with Crippen LogP contribution in [0.3, 0.4) is 0 Å². The van der Waals surface area contributed by atoms with Crippen molar-refractivity contribution in [3.8, 4) is 0 Å².